The Morgan fingerprint density at radius 3 is 2.78 bits per heavy atom. The molecule has 0 spiro atoms. The Hall–Kier alpha value is -2.34. The van der Waals surface area contributed by atoms with Crippen molar-refractivity contribution in [3.8, 4) is 17.0 Å². The highest BCUT2D eigenvalue weighted by atomic mass is 79.9. The van der Waals surface area contributed by atoms with Crippen LogP contribution in [-0.4, -0.2) is 23.2 Å². The summed E-state index contributed by atoms with van der Waals surface area (Å²) in [5, 5.41) is 10.0. The number of methoxy groups -OCH3 is 1. The minimum Gasteiger partial charge on any atom is -0.496 e. The van der Waals surface area contributed by atoms with Crippen LogP contribution in [0, 0.1) is 5.82 Å². The molecular weight excluding hydrogens is 365 g/mol. The number of aromatic amines is 1. The number of hydrogen-bond donors (Lipinski definition) is 2. The molecule has 1 aromatic heterocycles. The van der Waals surface area contributed by atoms with Crippen molar-refractivity contribution in [3.63, 3.8) is 0 Å². The fourth-order valence-corrected chi connectivity index (χ4v) is 3.02. The summed E-state index contributed by atoms with van der Waals surface area (Å²) in [4.78, 5) is 14.5. The van der Waals surface area contributed by atoms with Gasteiger partial charge in [-0.25, -0.2) is 4.39 Å². The van der Waals surface area contributed by atoms with Crippen LogP contribution < -0.4 is 4.74 Å². The fraction of sp³-hybridized carbons (Fsp3) is 0.118. The van der Waals surface area contributed by atoms with Crippen molar-refractivity contribution in [1.82, 2.24) is 4.98 Å². The largest absolute Gasteiger partial charge is 0.496 e. The van der Waals surface area contributed by atoms with E-state index in [0.29, 0.717) is 22.6 Å². The number of aliphatic carboxylic acids is 1. The second-order valence-electron chi connectivity index (χ2n) is 5.08. The first kappa shape index (κ1) is 15.6. The standard InChI is InChI=1S/C17H13BrFNO3/c1-23-15-5-3-10(19)7-13(15)17-12(8-16(21)22)11-6-9(18)2-4-14(11)20-17/h2-7,20H,8H2,1H3,(H,21,22). The molecule has 0 amide bonds. The molecule has 3 aromatic rings. The summed E-state index contributed by atoms with van der Waals surface area (Å²) < 4.78 is 19.8. The summed E-state index contributed by atoms with van der Waals surface area (Å²) >= 11 is 3.39. The predicted octanol–water partition coefficient (Wildman–Crippen LogP) is 4.37. The molecule has 0 unspecified atom stereocenters. The van der Waals surface area contributed by atoms with Gasteiger partial charge in [-0.3, -0.25) is 4.79 Å². The molecule has 4 nitrogen and oxygen atoms in total. The Morgan fingerprint density at radius 2 is 2.09 bits per heavy atom. The predicted molar refractivity (Wildman–Crippen MR) is 89.3 cm³/mol. The SMILES string of the molecule is COc1ccc(F)cc1-c1[nH]c2ccc(Br)cc2c1CC(=O)O. The molecule has 0 aliphatic heterocycles. The first-order valence-electron chi connectivity index (χ1n) is 6.85. The lowest BCUT2D eigenvalue weighted by atomic mass is 10.0. The van der Waals surface area contributed by atoms with Crippen LogP contribution in [-0.2, 0) is 11.2 Å². The van der Waals surface area contributed by atoms with E-state index in [0.717, 1.165) is 15.4 Å². The van der Waals surface area contributed by atoms with E-state index in [4.69, 9.17) is 4.74 Å². The molecule has 0 saturated heterocycles. The Morgan fingerprint density at radius 1 is 1.30 bits per heavy atom. The lowest BCUT2D eigenvalue weighted by molar-refractivity contribution is -0.136. The highest BCUT2D eigenvalue weighted by Crippen LogP contribution is 2.37. The third kappa shape index (κ3) is 2.94. The van der Waals surface area contributed by atoms with Crippen LogP contribution in [0.1, 0.15) is 5.56 Å². The van der Waals surface area contributed by atoms with Gasteiger partial charge in [0.1, 0.15) is 11.6 Å². The molecule has 0 aliphatic carbocycles. The van der Waals surface area contributed by atoms with Crippen LogP contribution in [0.5, 0.6) is 5.75 Å². The molecule has 2 aromatic carbocycles. The van der Waals surface area contributed by atoms with Gasteiger partial charge in [0.15, 0.2) is 0 Å². The first-order valence-corrected chi connectivity index (χ1v) is 7.64. The van der Waals surface area contributed by atoms with Gasteiger partial charge < -0.3 is 14.8 Å². The second-order valence-corrected chi connectivity index (χ2v) is 6.00. The van der Waals surface area contributed by atoms with Crippen LogP contribution in [0.25, 0.3) is 22.2 Å². The van der Waals surface area contributed by atoms with Gasteiger partial charge in [-0.1, -0.05) is 15.9 Å². The molecule has 2 N–H and O–H groups in total. The van der Waals surface area contributed by atoms with Gasteiger partial charge in [-0.2, -0.15) is 0 Å². The van der Waals surface area contributed by atoms with E-state index >= 15 is 0 Å². The zero-order valence-corrected chi connectivity index (χ0v) is 13.8. The molecule has 0 radical (unpaired) electrons. The summed E-state index contributed by atoms with van der Waals surface area (Å²) in [6.07, 6.45) is -0.175. The summed E-state index contributed by atoms with van der Waals surface area (Å²) in [5.41, 5.74) is 2.43. The second kappa shape index (κ2) is 6.04. The summed E-state index contributed by atoms with van der Waals surface area (Å²) in [5.74, 6) is -0.895. The van der Waals surface area contributed by atoms with E-state index in [-0.39, 0.29) is 6.42 Å². The van der Waals surface area contributed by atoms with Gasteiger partial charge in [0, 0.05) is 20.9 Å². The van der Waals surface area contributed by atoms with Crippen molar-refractivity contribution in [2.45, 2.75) is 6.42 Å². The smallest absolute Gasteiger partial charge is 0.307 e. The van der Waals surface area contributed by atoms with E-state index in [9.17, 15) is 14.3 Å². The van der Waals surface area contributed by atoms with Crippen LogP contribution in [0.4, 0.5) is 4.39 Å². The minimum atomic E-state index is -0.956. The average Bonchev–Trinajstić information content (AvgIpc) is 2.84. The number of carbonyl (C=O) groups is 1. The van der Waals surface area contributed by atoms with E-state index in [1.165, 1.54) is 25.3 Å². The van der Waals surface area contributed by atoms with Crippen LogP contribution >= 0.6 is 15.9 Å². The van der Waals surface area contributed by atoms with Gasteiger partial charge in [0.2, 0.25) is 0 Å². The van der Waals surface area contributed by atoms with Crippen molar-refractivity contribution >= 4 is 32.8 Å². The average molecular weight is 378 g/mol. The molecule has 1 heterocycles. The van der Waals surface area contributed by atoms with Crippen LogP contribution in [0.3, 0.4) is 0 Å². The maximum Gasteiger partial charge on any atom is 0.307 e. The van der Waals surface area contributed by atoms with Crippen LogP contribution in [0.2, 0.25) is 0 Å². The zero-order valence-electron chi connectivity index (χ0n) is 12.2. The van der Waals surface area contributed by atoms with Gasteiger partial charge >= 0.3 is 5.97 Å². The Kier molecular flexibility index (Phi) is 4.09. The Labute approximate surface area is 140 Å². The minimum absolute atomic E-state index is 0.175. The van der Waals surface area contributed by atoms with Crippen molar-refractivity contribution in [1.29, 1.82) is 0 Å². The Balaban J connectivity index is 2.32. The Bertz CT molecular complexity index is 904. The number of carboxylic acid groups (broad SMARTS) is 1. The van der Waals surface area contributed by atoms with E-state index in [2.05, 4.69) is 20.9 Å². The van der Waals surface area contributed by atoms with Crippen molar-refractivity contribution < 1.29 is 19.0 Å². The topological polar surface area (TPSA) is 62.3 Å². The number of hydrogen-bond acceptors (Lipinski definition) is 2. The number of aromatic nitrogens is 1. The van der Waals surface area contributed by atoms with Crippen molar-refractivity contribution in [3.05, 3.63) is 52.3 Å². The van der Waals surface area contributed by atoms with Gasteiger partial charge in [0.25, 0.3) is 0 Å². The summed E-state index contributed by atoms with van der Waals surface area (Å²) in [6.45, 7) is 0. The number of ether oxygens (including phenoxy) is 1. The van der Waals surface area contributed by atoms with Crippen LogP contribution in [0.15, 0.2) is 40.9 Å². The molecule has 0 saturated carbocycles. The normalized spacial score (nSPS) is 10.9. The monoisotopic (exact) mass is 377 g/mol. The van der Waals surface area contributed by atoms with Crippen molar-refractivity contribution in [2.24, 2.45) is 0 Å². The lowest BCUT2D eigenvalue weighted by Gasteiger charge is -2.09. The number of fused-ring (bicyclic) bond motifs is 1. The maximum absolute atomic E-state index is 13.7. The quantitative estimate of drug-likeness (QED) is 0.709. The third-order valence-corrected chi connectivity index (χ3v) is 4.12. The number of carboxylic acids is 1. The van der Waals surface area contributed by atoms with E-state index in [1.807, 2.05) is 18.2 Å². The zero-order chi connectivity index (χ0) is 16.6. The van der Waals surface area contributed by atoms with Gasteiger partial charge in [-0.05, 0) is 42.0 Å². The maximum atomic E-state index is 13.7. The number of nitrogens with one attached hydrogen (secondary N) is 1. The summed E-state index contributed by atoms with van der Waals surface area (Å²) in [6, 6.07) is 9.72. The molecule has 0 bridgehead atoms. The number of benzene rings is 2. The van der Waals surface area contributed by atoms with E-state index in [1.54, 1.807) is 0 Å². The number of rotatable bonds is 4. The molecule has 118 valence electrons. The third-order valence-electron chi connectivity index (χ3n) is 3.63. The molecule has 6 heteroatoms. The number of halogens is 2. The first-order chi connectivity index (χ1) is 11.0. The highest BCUT2D eigenvalue weighted by Gasteiger charge is 2.19. The number of H-pyrrole nitrogens is 1. The van der Waals surface area contributed by atoms with E-state index < -0.39 is 11.8 Å². The van der Waals surface area contributed by atoms with Gasteiger partial charge in [-0.15, -0.1) is 0 Å². The lowest BCUT2D eigenvalue weighted by Crippen LogP contribution is -2.01. The highest BCUT2D eigenvalue weighted by molar-refractivity contribution is 9.10. The molecule has 0 fully saturated rings. The fourth-order valence-electron chi connectivity index (χ4n) is 2.66. The molecular formula is C17H13BrFNO3. The molecule has 0 aliphatic rings. The van der Waals surface area contributed by atoms with Crippen molar-refractivity contribution in [2.75, 3.05) is 7.11 Å². The summed E-state index contributed by atoms with van der Waals surface area (Å²) in [7, 11) is 1.49. The molecule has 0 atom stereocenters. The molecule has 3 rings (SSSR count). The molecule has 23 heavy (non-hydrogen) atoms. The van der Waals surface area contributed by atoms with Gasteiger partial charge in [0.05, 0.1) is 19.2 Å².